The number of anilines is 1. The summed E-state index contributed by atoms with van der Waals surface area (Å²) in [5, 5.41) is 8.28. The lowest BCUT2D eigenvalue weighted by Crippen LogP contribution is -2.41. The molecule has 5 heteroatoms. The van der Waals surface area contributed by atoms with E-state index in [9.17, 15) is 9.59 Å². The van der Waals surface area contributed by atoms with Gasteiger partial charge in [-0.1, -0.05) is 42.3 Å². The highest BCUT2D eigenvalue weighted by Gasteiger charge is 2.21. The van der Waals surface area contributed by atoms with Gasteiger partial charge in [-0.3, -0.25) is 9.59 Å². The molecule has 2 aromatic carbocycles. The standard InChI is InChI=1S/C19H19N3O2/c1-3-14-8-7-11-16(12-14)21-13-17(23)22-18(19(24)20-2)15-9-5-4-6-10-15/h1,4-12,18,21H,13H2,2H3,(H,20,24)(H,22,23)/t18-/m0/s1. The molecular formula is C19H19N3O2. The molecule has 0 heterocycles. The van der Waals surface area contributed by atoms with E-state index in [1.165, 1.54) is 7.05 Å². The lowest BCUT2D eigenvalue weighted by atomic mass is 10.1. The minimum Gasteiger partial charge on any atom is -0.376 e. The van der Waals surface area contributed by atoms with Gasteiger partial charge in [-0.25, -0.2) is 0 Å². The minimum absolute atomic E-state index is 0.0361. The molecular weight excluding hydrogens is 302 g/mol. The van der Waals surface area contributed by atoms with E-state index in [-0.39, 0.29) is 18.4 Å². The van der Waals surface area contributed by atoms with E-state index in [1.807, 2.05) is 36.4 Å². The van der Waals surface area contributed by atoms with Crippen LogP contribution in [-0.2, 0) is 9.59 Å². The van der Waals surface area contributed by atoms with E-state index in [4.69, 9.17) is 6.42 Å². The second-order valence-corrected chi connectivity index (χ2v) is 5.10. The van der Waals surface area contributed by atoms with Gasteiger partial charge in [0.15, 0.2) is 0 Å². The van der Waals surface area contributed by atoms with Crippen molar-refractivity contribution in [1.29, 1.82) is 0 Å². The second kappa shape index (κ2) is 8.39. The van der Waals surface area contributed by atoms with E-state index in [2.05, 4.69) is 21.9 Å². The third-order valence-electron chi connectivity index (χ3n) is 3.43. The molecule has 0 aliphatic heterocycles. The molecule has 0 spiro atoms. The fraction of sp³-hybridized carbons (Fsp3) is 0.158. The minimum atomic E-state index is -0.734. The summed E-state index contributed by atoms with van der Waals surface area (Å²) < 4.78 is 0. The molecule has 122 valence electrons. The summed E-state index contributed by atoms with van der Waals surface area (Å²) in [6, 6.07) is 15.6. The molecule has 0 bridgehead atoms. The SMILES string of the molecule is C#Cc1cccc(NCC(=O)N[C@H](C(=O)NC)c2ccccc2)c1. The monoisotopic (exact) mass is 321 g/mol. The summed E-state index contributed by atoms with van der Waals surface area (Å²) >= 11 is 0. The van der Waals surface area contributed by atoms with Gasteiger partial charge < -0.3 is 16.0 Å². The maximum Gasteiger partial charge on any atom is 0.246 e. The lowest BCUT2D eigenvalue weighted by Gasteiger charge is -2.18. The van der Waals surface area contributed by atoms with E-state index < -0.39 is 6.04 Å². The van der Waals surface area contributed by atoms with Crippen molar-refractivity contribution >= 4 is 17.5 Å². The summed E-state index contributed by atoms with van der Waals surface area (Å²) in [5.74, 6) is 1.97. The van der Waals surface area contributed by atoms with Crippen LogP contribution < -0.4 is 16.0 Å². The van der Waals surface area contributed by atoms with Crippen molar-refractivity contribution in [3.8, 4) is 12.3 Å². The highest BCUT2D eigenvalue weighted by molar-refractivity contribution is 5.90. The lowest BCUT2D eigenvalue weighted by molar-refractivity contribution is -0.128. The maximum absolute atomic E-state index is 12.2. The number of nitrogens with one attached hydrogen (secondary N) is 3. The normalized spacial score (nSPS) is 11.0. The van der Waals surface area contributed by atoms with Gasteiger partial charge in [0.2, 0.25) is 11.8 Å². The number of carbonyl (C=O) groups is 2. The van der Waals surface area contributed by atoms with Crippen LogP contribution in [0.4, 0.5) is 5.69 Å². The zero-order chi connectivity index (χ0) is 17.4. The van der Waals surface area contributed by atoms with Crippen molar-refractivity contribution in [2.45, 2.75) is 6.04 Å². The van der Waals surface area contributed by atoms with Gasteiger partial charge in [-0.2, -0.15) is 0 Å². The van der Waals surface area contributed by atoms with Gasteiger partial charge >= 0.3 is 0 Å². The van der Waals surface area contributed by atoms with Crippen molar-refractivity contribution < 1.29 is 9.59 Å². The van der Waals surface area contributed by atoms with Gasteiger partial charge in [0.05, 0.1) is 6.54 Å². The van der Waals surface area contributed by atoms with Crippen LogP contribution in [0.5, 0.6) is 0 Å². The van der Waals surface area contributed by atoms with Crippen LogP contribution >= 0.6 is 0 Å². The van der Waals surface area contributed by atoms with E-state index in [0.29, 0.717) is 0 Å². The zero-order valence-corrected chi connectivity index (χ0v) is 13.4. The van der Waals surface area contributed by atoms with E-state index >= 15 is 0 Å². The Kier molecular flexibility index (Phi) is 5.98. The van der Waals surface area contributed by atoms with Crippen LogP contribution in [0, 0.1) is 12.3 Å². The molecule has 24 heavy (non-hydrogen) atoms. The number of hydrogen-bond donors (Lipinski definition) is 3. The molecule has 5 nitrogen and oxygen atoms in total. The number of amides is 2. The molecule has 0 aliphatic rings. The highest BCUT2D eigenvalue weighted by atomic mass is 16.2. The van der Waals surface area contributed by atoms with Gasteiger partial charge in [0.25, 0.3) is 0 Å². The smallest absolute Gasteiger partial charge is 0.246 e. The van der Waals surface area contributed by atoms with Crippen LogP contribution in [0.2, 0.25) is 0 Å². The van der Waals surface area contributed by atoms with Gasteiger partial charge in [-0.15, -0.1) is 6.42 Å². The Hall–Kier alpha value is -3.26. The van der Waals surface area contributed by atoms with Crippen molar-refractivity contribution in [3.05, 3.63) is 65.7 Å². The van der Waals surface area contributed by atoms with Gasteiger partial charge in [0, 0.05) is 18.3 Å². The molecule has 0 fully saturated rings. The molecule has 2 aromatic rings. The van der Waals surface area contributed by atoms with E-state index in [1.54, 1.807) is 18.2 Å². The quantitative estimate of drug-likeness (QED) is 0.709. The molecule has 3 N–H and O–H groups in total. The van der Waals surface area contributed by atoms with Crippen LogP contribution in [0.3, 0.4) is 0 Å². The fourth-order valence-electron chi connectivity index (χ4n) is 2.20. The molecule has 0 aliphatic carbocycles. The summed E-state index contributed by atoms with van der Waals surface area (Å²) in [6.45, 7) is 0.0361. The summed E-state index contributed by atoms with van der Waals surface area (Å²) in [5.41, 5.74) is 2.20. The largest absolute Gasteiger partial charge is 0.376 e. The predicted octanol–water partition coefficient (Wildman–Crippen LogP) is 1.68. The first kappa shape index (κ1) is 17.1. The van der Waals surface area contributed by atoms with Crippen molar-refractivity contribution in [3.63, 3.8) is 0 Å². The number of hydrogen-bond acceptors (Lipinski definition) is 3. The van der Waals surface area contributed by atoms with Gasteiger partial charge in [0.1, 0.15) is 6.04 Å². The second-order valence-electron chi connectivity index (χ2n) is 5.10. The average Bonchev–Trinajstić information content (AvgIpc) is 2.64. The Bertz CT molecular complexity index is 751. The zero-order valence-electron chi connectivity index (χ0n) is 13.4. The third-order valence-corrected chi connectivity index (χ3v) is 3.43. The maximum atomic E-state index is 12.2. The van der Waals surface area contributed by atoms with Crippen LogP contribution in [0.25, 0.3) is 0 Å². The number of likely N-dealkylation sites (N-methyl/N-ethyl adjacent to an activating group) is 1. The molecule has 0 unspecified atom stereocenters. The van der Waals surface area contributed by atoms with Gasteiger partial charge in [-0.05, 0) is 23.8 Å². The number of rotatable bonds is 6. The molecule has 2 rings (SSSR count). The first-order valence-electron chi connectivity index (χ1n) is 7.50. The Balaban J connectivity index is 2.00. The van der Waals surface area contributed by atoms with Crippen molar-refractivity contribution in [2.75, 3.05) is 18.9 Å². The third kappa shape index (κ3) is 4.62. The topological polar surface area (TPSA) is 70.2 Å². The molecule has 0 saturated heterocycles. The fourth-order valence-corrected chi connectivity index (χ4v) is 2.20. The van der Waals surface area contributed by atoms with E-state index in [0.717, 1.165) is 16.8 Å². The molecule has 1 atom stereocenters. The highest BCUT2D eigenvalue weighted by Crippen LogP contribution is 2.13. The Morgan fingerprint density at radius 3 is 2.54 bits per heavy atom. The summed E-state index contributed by atoms with van der Waals surface area (Å²) in [7, 11) is 1.54. The summed E-state index contributed by atoms with van der Waals surface area (Å²) in [6.07, 6.45) is 5.35. The molecule has 0 aromatic heterocycles. The van der Waals surface area contributed by atoms with Crippen LogP contribution in [0.1, 0.15) is 17.2 Å². The first-order chi connectivity index (χ1) is 11.6. The molecule has 2 amide bonds. The number of terminal acetylenes is 1. The first-order valence-corrected chi connectivity index (χ1v) is 7.50. The molecule has 0 radical (unpaired) electrons. The Morgan fingerprint density at radius 2 is 1.88 bits per heavy atom. The molecule has 0 saturated carbocycles. The predicted molar refractivity (Wildman–Crippen MR) is 94.3 cm³/mol. The Morgan fingerprint density at radius 1 is 1.12 bits per heavy atom. The number of carbonyl (C=O) groups excluding carboxylic acids is 2. The van der Waals surface area contributed by atoms with Crippen molar-refractivity contribution in [2.24, 2.45) is 0 Å². The van der Waals surface area contributed by atoms with Crippen LogP contribution in [0.15, 0.2) is 54.6 Å². The Labute approximate surface area is 141 Å². The van der Waals surface area contributed by atoms with Crippen molar-refractivity contribution in [1.82, 2.24) is 10.6 Å². The summed E-state index contributed by atoms with van der Waals surface area (Å²) in [4.78, 5) is 24.2. The average molecular weight is 321 g/mol. The number of benzene rings is 2. The van der Waals surface area contributed by atoms with Crippen LogP contribution in [-0.4, -0.2) is 25.4 Å².